The number of hydrogen-bond donors (Lipinski definition) is 1. The molecule has 1 atom stereocenters. The second-order valence-corrected chi connectivity index (χ2v) is 4.60. The SMILES string of the molecule is CCNC(CCCOCCCOC)C1CC1. The lowest BCUT2D eigenvalue weighted by atomic mass is 10.1. The van der Waals surface area contributed by atoms with Crippen LogP contribution in [0.2, 0.25) is 0 Å². The molecular weight excluding hydrogens is 202 g/mol. The molecule has 0 bridgehead atoms. The molecule has 1 aliphatic rings. The summed E-state index contributed by atoms with van der Waals surface area (Å²) in [6.07, 6.45) is 6.30. The lowest BCUT2D eigenvalue weighted by Crippen LogP contribution is -2.31. The van der Waals surface area contributed by atoms with Crippen LogP contribution in [0.15, 0.2) is 0 Å². The summed E-state index contributed by atoms with van der Waals surface area (Å²) in [4.78, 5) is 0. The van der Waals surface area contributed by atoms with Crippen LogP contribution in [-0.4, -0.2) is 39.5 Å². The van der Waals surface area contributed by atoms with Gasteiger partial charge in [-0.15, -0.1) is 0 Å². The monoisotopic (exact) mass is 229 g/mol. The van der Waals surface area contributed by atoms with Crippen molar-refractivity contribution in [2.75, 3.05) is 33.5 Å². The van der Waals surface area contributed by atoms with Crippen LogP contribution < -0.4 is 5.32 Å². The first-order chi connectivity index (χ1) is 7.88. The number of ether oxygens (including phenoxy) is 2. The van der Waals surface area contributed by atoms with Crippen LogP contribution in [0.4, 0.5) is 0 Å². The van der Waals surface area contributed by atoms with Gasteiger partial charge >= 0.3 is 0 Å². The predicted molar refractivity (Wildman–Crippen MR) is 66.7 cm³/mol. The highest BCUT2D eigenvalue weighted by Gasteiger charge is 2.29. The first kappa shape index (κ1) is 13.9. The molecule has 0 spiro atoms. The van der Waals surface area contributed by atoms with Crippen LogP contribution in [0, 0.1) is 5.92 Å². The van der Waals surface area contributed by atoms with Gasteiger partial charge in [-0.3, -0.25) is 0 Å². The van der Waals surface area contributed by atoms with Gasteiger partial charge in [0.2, 0.25) is 0 Å². The molecule has 1 N–H and O–H groups in total. The summed E-state index contributed by atoms with van der Waals surface area (Å²) >= 11 is 0. The first-order valence-electron chi connectivity index (χ1n) is 6.68. The van der Waals surface area contributed by atoms with Gasteiger partial charge in [0.1, 0.15) is 0 Å². The first-order valence-corrected chi connectivity index (χ1v) is 6.68. The van der Waals surface area contributed by atoms with Crippen LogP contribution in [0.3, 0.4) is 0 Å². The van der Waals surface area contributed by atoms with E-state index in [0.717, 1.165) is 44.7 Å². The Balaban J connectivity index is 1.88. The van der Waals surface area contributed by atoms with Crippen molar-refractivity contribution in [2.24, 2.45) is 5.92 Å². The van der Waals surface area contributed by atoms with E-state index >= 15 is 0 Å². The van der Waals surface area contributed by atoms with Gasteiger partial charge in [0.25, 0.3) is 0 Å². The molecule has 0 amide bonds. The van der Waals surface area contributed by atoms with Crippen molar-refractivity contribution in [3.05, 3.63) is 0 Å². The zero-order chi connectivity index (χ0) is 11.6. The molecule has 0 aromatic rings. The fourth-order valence-corrected chi connectivity index (χ4v) is 2.08. The average molecular weight is 229 g/mol. The van der Waals surface area contributed by atoms with Crippen LogP contribution in [-0.2, 0) is 9.47 Å². The second kappa shape index (κ2) is 8.97. The van der Waals surface area contributed by atoms with Gasteiger partial charge in [-0.2, -0.15) is 0 Å². The lowest BCUT2D eigenvalue weighted by Gasteiger charge is -2.16. The molecule has 0 aliphatic heterocycles. The zero-order valence-electron chi connectivity index (χ0n) is 10.8. The Hall–Kier alpha value is -0.120. The summed E-state index contributed by atoms with van der Waals surface area (Å²) in [7, 11) is 1.73. The van der Waals surface area contributed by atoms with Gasteiger partial charge in [-0.1, -0.05) is 6.92 Å². The summed E-state index contributed by atoms with van der Waals surface area (Å²) in [5.41, 5.74) is 0. The molecule has 1 rings (SSSR count). The summed E-state index contributed by atoms with van der Waals surface area (Å²) in [5.74, 6) is 0.952. The van der Waals surface area contributed by atoms with E-state index in [0.29, 0.717) is 0 Å². The molecule has 0 saturated heterocycles. The fraction of sp³-hybridized carbons (Fsp3) is 1.00. The molecule has 1 aliphatic carbocycles. The Morgan fingerprint density at radius 1 is 1.19 bits per heavy atom. The van der Waals surface area contributed by atoms with Crippen LogP contribution in [0.1, 0.15) is 39.0 Å². The van der Waals surface area contributed by atoms with Gasteiger partial charge in [0.15, 0.2) is 0 Å². The van der Waals surface area contributed by atoms with Crippen molar-refractivity contribution >= 4 is 0 Å². The zero-order valence-corrected chi connectivity index (χ0v) is 10.8. The highest BCUT2D eigenvalue weighted by Crippen LogP contribution is 2.34. The molecule has 0 aromatic heterocycles. The number of rotatable bonds is 11. The molecule has 1 fully saturated rings. The van der Waals surface area contributed by atoms with E-state index < -0.39 is 0 Å². The Morgan fingerprint density at radius 3 is 2.56 bits per heavy atom. The lowest BCUT2D eigenvalue weighted by molar-refractivity contribution is 0.0986. The fourth-order valence-electron chi connectivity index (χ4n) is 2.08. The molecule has 16 heavy (non-hydrogen) atoms. The predicted octanol–water partition coefficient (Wildman–Crippen LogP) is 2.21. The van der Waals surface area contributed by atoms with E-state index in [1.807, 2.05) is 0 Å². The summed E-state index contributed by atoms with van der Waals surface area (Å²) in [6, 6.07) is 0.743. The molecule has 3 heteroatoms. The summed E-state index contributed by atoms with van der Waals surface area (Å²) in [6.45, 7) is 5.83. The van der Waals surface area contributed by atoms with Gasteiger partial charge in [0.05, 0.1) is 0 Å². The average Bonchev–Trinajstić information content (AvgIpc) is 3.10. The summed E-state index contributed by atoms with van der Waals surface area (Å²) in [5, 5.41) is 3.58. The van der Waals surface area contributed by atoms with Crippen molar-refractivity contribution in [1.29, 1.82) is 0 Å². The topological polar surface area (TPSA) is 30.5 Å². The molecule has 0 aromatic carbocycles. The largest absolute Gasteiger partial charge is 0.385 e. The molecule has 0 heterocycles. The van der Waals surface area contributed by atoms with Gasteiger partial charge in [-0.25, -0.2) is 0 Å². The van der Waals surface area contributed by atoms with Crippen molar-refractivity contribution in [2.45, 2.75) is 45.1 Å². The smallest absolute Gasteiger partial charge is 0.0487 e. The van der Waals surface area contributed by atoms with Crippen LogP contribution in [0.25, 0.3) is 0 Å². The van der Waals surface area contributed by atoms with Crippen molar-refractivity contribution in [3.8, 4) is 0 Å². The highest BCUT2D eigenvalue weighted by atomic mass is 16.5. The minimum Gasteiger partial charge on any atom is -0.385 e. The van der Waals surface area contributed by atoms with Gasteiger partial charge in [0, 0.05) is 33.0 Å². The quantitative estimate of drug-likeness (QED) is 0.551. The molecular formula is C13H27NO2. The summed E-state index contributed by atoms with van der Waals surface area (Å²) < 4.78 is 10.5. The molecule has 1 saturated carbocycles. The molecule has 3 nitrogen and oxygen atoms in total. The Bertz CT molecular complexity index is 160. The molecule has 1 unspecified atom stereocenters. The third-order valence-electron chi connectivity index (χ3n) is 3.10. The normalized spacial score (nSPS) is 17.6. The van der Waals surface area contributed by atoms with Gasteiger partial charge in [-0.05, 0) is 44.6 Å². The van der Waals surface area contributed by atoms with E-state index in [-0.39, 0.29) is 0 Å². The number of nitrogens with one attached hydrogen (secondary N) is 1. The maximum atomic E-state index is 5.56. The maximum Gasteiger partial charge on any atom is 0.0487 e. The second-order valence-electron chi connectivity index (χ2n) is 4.60. The highest BCUT2D eigenvalue weighted by molar-refractivity contribution is 4.85. The number of hydrogen-bond acceptors (Lipinski definition) is 3. The molecule has 0 radical (unpaired) electrons. The molecule has 96 valence electrons. The van der Waals surface area contributed by atoms with Gasteiger partial charge < -0.3 is 14.8 Å². The Labute approximate surface area is 99.9 Å². The van der Waals surface area contributed by atoms with Crippen LogP contribution >= 0.6 is 0 Å². The third kappa shape index (κ3) is 6.46. The third-order valence-corrected chi connectivity index (χ3v) is 3.10. The van der Waals surface area contributed by atoms with E-state index in [2.05, 4.69) is 12.2 Å². The van der Waals surface area contributed by atoms with E-state index in [1.165, 1.54) is 25.7 Å². The minimum absolute atomic E-state index is 0.743. The maximum absolute atomic E-state index is 5.56. The van der Waals surface area contributed by atoms with Crippen LogP contribution in [0.5, 0.6) is 0 Å². The standard InChI is InChI=1S/C13H27NO2/c1-3-14-13(12-7-8-12)6-4-10-16-11-5-9-15-2/h12-14H,3-11H2,1-2H3. The van der Waals surface area contributed by atoms with E-state index in [1.54, 1.807) is 7.11 Å². The van der Waals surface area contributed by atoms with E-state index in [9.17, 15) is 0 Å². The van der Waals surface area contributed by atoms with Crippen molar-refractivity contribution in [1.82, 2.24) is 5.32 Å². The minimum atomic E-state index is 0.743. The Morgan fingerprint density at radius 2 is 1.94 bits per heavy atom. The Kier molecular flexibility index (Phi) is 7.81. The number of methoxy groups -OCH3 is 1. The van der Waals surface area contributed by atoms with E-state index in [4.69, 9.17) is 9.47 Å². The van der Waals surface area contributed by atoms with Crippen molar-refractivity contribution < 1.29 is 9.47 Å². The van der Waals surface area contributed by atoms with Crippen molar-refractivity contribution in [3.63, 3.8) is 0 Å².